The molecule has 32 heavy (non-hydrogen) atoms. The largest absolute Gasteiger partial charge is 0.497 e. The normalized spacial score (nSPS) is 10.3. The quantitative estimate of drug-likeness (QED) is 0.332. The van der Waals surface area contributed by atoms with Gasteiger partial charge < -0.3 is 15.4 Å². The Labute approximate surface area is 201 Å². The van der Waals surface area contributed by atoms with E-state index < -0.39 is 0 Å². The number of anilines is 1. The first-order chi connectivity index (χ1) is 14.7. The van der Waals surface area contributed by atoms with Gasteiger partial charge in [-0.1, -0.05) is 18.2 Å². The Morgan fingerprint density at radius 2 is 1.75 bits per heavy atom. The van der Waals surface area contributed by atoms with Gasteiger partial charge in [-0.3, -0.25) is 4.68 Å². The summed E-state index contributed by atoms with van der Waals surface area (Å²) in [6, 6.07) is 20.4. The first-order valence-corrected chi connectivity index (χ1v) is 10.2. The Morgan fingerprint density at radius 3 is 2.47 bits per heavy atom. The number of pyridine rings is 1. The van der Waals surface area contributed by atoms with Crippen molar-refractivity contribution in [1.82, 2.24) is 20.1 Å². The second kappa shape index (κ2) is 12.3. The predicted molar refractivity (Wildman–Crippen MR) is 136 cm³/mol. The summed E-state index contributed by atoms with van der Waals surface area (Å²) in [6.07, 6.45) is 2.85. The van der Waals surface area contributed by atoms with Crippen LogP contribution in [-0.2, 0) is 13.6 Å². The molecule has 2 heterocycles. The maximum absolute atomic E-state index is 5.27. The van der Waals surface area contributed by atoms with Crippen LogP contribution in [0, 0.1) is 0 Å². The number of benzene rings is 2. The Bertz CT molecular complexity index is 1120. The van der Waals surface area contributed by atoms with Gasteiger partial charge in [-0.2, -0.15) is 5.10 Å². The third-order valence-electron chi connectivity index (χ3n) is 5.18. The summed E-state index contributed by atoms with van der Waals surface area (Å²) in [4.78, 5) is 4.85. The van der Waals surface area contributed by atoms with E-state index in [1.165, 1.54) is 5.69 Å². The SMILES string of the molecule is COc1ccc(-c2cc(NCCCNCc3ccnn3C)c3ccccc3n2)cc1.Cl.Cl. The monoisotopic (exact) mass is 473 g/mol. The van der Waals surface area contributed by atoms with Gasteiger partial charge in [-0.15, -0.1) is 24.8 Å². The maximum atomic E-state index is 5.27. The Morgan fingerprint density at radius 1 is 0.969 bits per heavy atom. The molecule has 0 unspecified atom stereocenters. The highest BCUT2D eigenvalue weighted by Gasteiger charge is 2.08. The van der Waals surface area contributed by atoms with Crippen molar-refractivity contribution in [3.8, 4) is 17.0 Å². The van der Waals surface area contributed by atoms with Crippen LogP contribution in [0.5, 0.6) is 5.75 Å². The predicted octanol–water partition coefficient (Wildman–Crippen LogP) is 5.08. The van der Waals surface area contributed by atoms with Gasteiger partial charge in [-0.05, 0) is 55.4 Å². The highest BCUT2D eigenvalue weighted by Crippen LogP contribution is 2.29. The standard InChI is InChI=1S/C24H27N5O.2ClH/c1-29-19(12-15-27-29)17-25-13-5-14-26-24-16-23(18-8-10-20(30-2)11-9-18)28-22-7-4-3-6-21(22)24;;/h3-4,6-12,15-16,25H,5,13-14,17H2,1-2H3,(H,26,28);2*1H. The van der Waals surface area contributed by atoms with Gasteiger partial charge in [0.2, 0.25) is 0 Å². The molecule has 0 bridgehead atoms. The highest BCUT2D eigenvalue weighted by molar-refractivity contribution is 5.93. The molecular formula is C24H29Cl2N5O. The molecule has 0 radical (unpaired) electrons. The zero-order valence-corrected chi connectivity index (χ0v) is 19.9. The highest BCUT2D eigenvalue weighted by atomic mass is 35.5. The van der Waals surface area contributed by atoms with Crippen molar-refractivity contribution in [3.63, 3.8) is 0 Å². The van der Waals surface area contributed by atoms with Crippen LogP contribution >= 0.6 is 24.8 Å². The van der Waals surface area contributed by atoms with E-state index in [0.717, 1.165) is 59.7 Å². The van der Waals surface area contributed by atoms with E-state index in [1.807, 2.05) is 54.3 Å². The number of nitrogens with zero attached hydrogens (tertiary/aromatic N) is 3. The minimum Gasteiger partial charge on any atom is -0.497 e. The molecule has 0 aliphatic carbocycles. The van der Waals surface area contributed by atoms with Crippen LogP contribution in [-0.4, -0.2) is 35.0 Å². The molecule has 170 valence electrons. The number of hydrogen-bond donors (Lipinski definition) is 2. The molecule has 0 aliphatic heterocycles. The molecule has 0 amide bonds. The molecule has 2 aromatic carbocycles. The summed E-state index contributed by atoms with van der Waals surface area (Å²) in [7, 11) is 3.64. The average molecular weight is 474 g/mol. The number of hydrogen-bond acceptors (Lipinski definition) is 5. The summed E-state index contributed by atoms with van der Waals surface area (Å²) in [5.41, 5.74) is 5.31. The molecule has 8 heteroatoms. The number of para-hydroxylation sites is 1. The lowest BCUT2D eigenvalue weighted by Crippen LogP contribution is -2.19. The van der Waals surface area contributed by atoms with Crippen LogP contribution in [0.2, 0.25) is 0 Å². The fraction of sp³-hybridized carbons (Fsp3) is 0.250. The summed E-state index contributed by atoms with van der Waals surface area (Å²) in [6.45, 7) is 2.65. The molecule has 0 spiro atoms. The fourth-order valence-corrected chi connectivity index (χ4v) is 3.46. The number of rotatable bonds is 9. The Hall–Kier alpha value is -2.80. The molecule has 2 aromatic heterocycles. The van der Waals surface area contributed by atoms with Crippen LogP contribution < -0.4 is 15.4 Å². The molecular weight excluding hydrogens is 445 g/mol. The van der Waals surface area contributed by atoms with Crippen molar-refractivity contribution in [3.05, 3.63) is 72.6 Å². The van der Waals surface area contributed by atoms with Crippen molar-refractivity contribution in [2.24, 2.45) is 7.05 Å². The van der Waals surface area contributed by atoms with E-state index in [1.54, 1.807) is 7.11 Å². The zero-order chi connectivity index (χ0) is 20.8. The molecule has 2 N–H and O–H groups in total. The lowest BCUT2D eigenvalue weighted by molar-refractivity contribution is 0.415. The van der Waals surface area contributed by atoms with Gasteiger partial charge in [-0.25, -0.2) is 4.98 Å². The van der Waals surface area contributed by atoms with E-state index in [0.29, 0.717) is 0 Å². The molecule has 0 fully saturated rings. The number of aromatic nitrogens is 3. The van der Waals surface area contributed by atoms with Crippen molar-refractivity contribution >= 4 is 41.4 Å². The van der Waals surface area contributed by atoms with Gasteiger partial charge in [0.05, 0.1) is 24.0 Å². The molecule has 4 rings (SSSR count). The number of ether oxygens (including phenoxy) is 1. The van der Waals surface area contributed by atoms with Crippen LogP contribution in [0.25, 0.3) is 22.2 Å². The van der Waals surface area contributed by atoms with Crippen molar-refractivity contribution in [2.75, 3.05) is 25.5 Å². The van der Waals surface area contributed by atoms with E-state index in [-0.39, 0.29) is 24.8 Å². The topological polar surface area (TPSA) is 64.0 Å². The van der Waals surface area contributed by atoms with E-state index in [4.69, 9.17) is 9.72 Å². The number of nitrogens with one attached hydrogen (secondary N) is 2. The van der Waals surface area contributed by atoms with E-state index in [2.05, 4.69) is 40.0 Å². The first kappa shape index (κ1) is 25.5. The molecule has 0 atom stereocenters. The smallest absolute Gasteiger partial charge is 0.118 e. The van der Waals surface area contributed by atoms with Crippen molar-refractivity contribution < 1.29 is 4.74 Å². The second-order valence-corrected chi connectivity index (χ2v) is 7.20. The van der Waals surface area contributed by atoms with E-state index >= 15 is 0 Å². The minimum absolute atomic E-state index is 0. The van der Waals surface area contributed by atoms with Gasteiger partial charge in [0.25, 0.3) is 0 Å². The molecule has 0 saturated carbocycles. The number of aryl methyl sites for hydroxylation is 1. The summed E-state index contributed by atoms with van der Waals surface area (Å²) in [5, 5.41) is 12.4. The lowest BCUT2D eigenvalue weighted by atomic mass is 10.1. The number of halogens is 2. The third kappa shape index (κ3) is 6.13. The minimum atomic E-state index is 0. The third-order valence-corrected chi connectivity index (χ3v) is 5.18. The zero-order valence-electron chi connectivity index (χ0n) is 18.2. The Kier molecular flexibility index (Phi) is 9.78. The maximum Gasteiger partial charge on any atom is 0.118 e. The van der Waals surface area contributed by atoms with Crippen LogP contribution in [0.15, 0.2) is 66.9 Å². The van der Waals surface area contributed by atoms with Crippen molar-refractivity contribution in [2.45, 2.75) is 13.0 Å². The average Bonchev–Trinajstić information content (AvgIpc) is 3.20. The molecule has 4 aromatic rings. The van der Waals surface area contributed by atoms with Gasteiger partial charge >= 0.3 is 0 Å². The summed E-state index contributed by atoms with van der Waals surface area (Å²) in [5.74, 6) is 0.844. The van der Waals surface area contributed by atoms with Crippen LogP contribution in [0.1, 0.15) is 12.1 Å². The molecule has 6 nitrogen and oxygen atoms in total. The van der Waals surface area contributed by atoms with Crippen LogP contribution in [0.4, 0.5) is 5.69 Å². The number of methoxy groups -OCH3 is 1. The summed E-state index contributed by atoms with van der Waals surface area (Å²) >= 11 is 0. The molecule has 0 aliphatic rings. The molecule has 0 saturated heterocycles. The van der Waals surface area contributed by atoms with Crippen molar-refractivity contribution in [1.29, 1.82) is 0 Å². The lowest BCUT2D eigenvalue weighted by Gasteiger charge is -2.13. The second-order valence-electron chi connectivity index (χ2n) is 7.20. The van der Waals surface area contributed by atoms with Gasteiger partial charge in [0, 0.05) is 43.0 Å². The summed E-state index contributed by atoms with van der Waals surface area (Å²) < 4.78 is 7.17. The number of fused-ring (bicyclic) bond motifs is 1. The Balaban J connectivity index is 0.00000181. The fourth-order valence-electron chi connectivity index (χ4n) is 3.46. The van der Waals surface area contributed by atoms with E-state index in [9.17, 15) is 0 Å². The van der Waals surface area contributed by atoms with Gasteiger partial charge in [0.1, 0.15) is 5.75 Å². The van der Waals surface area contributed by atoms with Crippen LogP contribution in [0.3, 0.4) is 0 Å². The first-order valence-electron chi connectivity index (χ1n) is 10.2. The van der Waals surface area contributed by atoms with Gasteiger partial charge in [0.15, 0.2) is 0 Å².